The number of aliphatic hydroxyl groups excluding tert-OH is 1. The summed E-state index contributed by atoms with van der Waals surface area (Å²) in [5.74, 6) is 0. The molecule has 17 heavy (non-hydrogen) atoms. The highest BCUT2D eigenvalue weighted by molar-refractivity contribution is 5.53. The van der Waals surface area contributed by atoms with E-state index >= 15 is 0 Å². The number of aliphatic hydroxyl groups is 1. The first-order chi connectivity index (χ1) is 8.22. The van der Waals surface area contributed by atoms with Crippen LogP contribution in [-0.4, -0.2) is 48.2 Å². The van der Waals surface area contributed by atoms with Crippen LogP contribution in [0.5, 0.6) is 0 Å². The summed E-state index contributed by atoms with van der Waals surface area (Å²) >= 11 is 0. The second kappa shape index (κ2) is 5.47. The van der Waals surface area contributed by atoms with Crippen LogP contribution >= 0.6 is 0 Å². The molecule has 1 aromatic heterocycles. The van der Waals surface area contributed by atoms with Gasteiger partial charge in [-0.25, -0.2) is 0 Å². The Balaban J connectivity index is 2.19. The molecule has 2 heterocycles. The van der Waals surface area contributed by atoms with Gasteiger partial charge in [0.2, 0.25) is 0 Å². The molecule has 1 aliphatic rings. The van der Waals surface area contributed by atoms with E-state index in [1.807, 2.05) is 12.3 Å². The van der Waals surface area contributed by atoms with Gasteiger partial charge < -0.3 is 14.9 Å². The Morgan fingerprint density at radius 2 is 2.35 bits per heavy atom. The van der Waals surface area contributed by atoms with E-state index in [1.165, 1.54) is 12.8 Å². The predicted octanol–water partition coefficient (Wildman–Crippen LogP) is 1.10. The van der Waals surface area contributed by atoms with Crippen LogP contribution < -0.4 is 4.90 Å². The fourth-order valence-electron chi connectivity index (χ4n) is 2.57. The fourth-order valence-corrected chi connectivity index (χ4v) is 2.57. The minimum absolute atomic E-state index is 0.0863. The van der Waals surface area contributed by atoms with E-state index in [-0.39, 0.29) is 6.61 Å². The van der Waals surface area contributed by atoms with E-state index in [9.17, 15) is 5.11 Å². The molecule has 1 saturated heterocycles. The van der Waals surface area contributed by atoms with Crippen LogP contribution in [0.25, 0.3) is 0 Å². The summed E-state index contributed by atoms with van der Waals surface area (Å²) in [7, 11) is 4.21. The second-order valence-electron chi connectivity index (χ2n) is 4.91. The van der Waals surface area contributed by atoms with E-state index < -0.39 is 0 Å². The molecule has 0 amide bonds. The summed E-state index contributed by atoms with van der Waals surface area (Å²) in [6.07, 6.45) is 6.06. The summed E-state index contributed by atoms with van der Waals surface area (Å²) in [5.41, 5.74) is 2.07. The molecule has 4 nitrogen and oxygen atoms in total. The first kappa shape index (κ1) is 12.3. The van der Waals surface area contributed by atoms with Gasteiger partial charge in [0.25, 0.3) is 0 Å². The highest BCUT2D eigenvalue weighted by Crippen LogP contribution is 2.28. The predicted molar refractivity (Wildman–Crippen MR) is 69.1 cm³/mol. The lowest BCUT2D eigenvalue weighted by Gasteiger charge is -2.30. The third kappa shape index (κ3) is 2.76. The van der Waals surface area contributed by atoms with Crippen molar-refractivity contribution >= 4 is 5.69 Å². The van der Waals surface area contributed by atoms with Crippen molar-refractivity contribution < 1.29 is 5.11 Å². The van der Waals surface area contributed by atoms with Crippen molar-refractivity contribution in [1.29, 1.82) is 0 Å². The van der Waals surface area contributed by atoms with Crippen LogP contribution in [0.15, 0.2) is 18.5 Å². The minimum atomic E-state index is 0.0863. The van der Waals surface area contributed by atoms with Crippen molar-refractivity contribution in [2.75, 3.05) is 32.1 Å². The van der Waals surface area contributed by atoms with Gasteiger partial charge in [-0.2, -0.15) is 0 Å². The van der Waals surface area contributed by atoms with Crippen LogP contribution in [0, 0.1) is 0 Å². The molecule has 1 atom stereocenters. The van der Waals surface area contributed by atoms with Gasteiger partial charge in [0.05, 0.1) is 18.5 Å². The average Bonchev–Trinajstić information content (AvgIpc) is 2.76. The van der Waals surface area contributed by atoms with Gasteiger partial charge in [0.1, 0.15) is 0 Å². The van der Waals surface area contributed by atoms with E-state index in [0.717, 1.165) is 24.3 Å². The van der Waals surface area contributed by atoms with Crippen molar-refractivity contribution in [1.82, 2.24) is 9.88 Å². The molecule has 94 valence electrons. The van der Waals surface area contributed by atoms with Crippen molar-refractivity contribution in [3.63, 3.8) is 0 Å². The Labute approximate surface area is 103 Å². The van der Waals surface area contributed by atoms with Crippen LogP contribution in [0.2, 0.25) is 0 Å². The largest absolute Gasteiger partial charge is 0.392 e. The third-order valence-corrected chi connectivity index (χ3v) is 3.32. The maximum atomic E-state index is 9.38. The van der Waals surface area contributed by atoms with Crippen LogP contribution in [0.3, 0.4) is 0 Å². The van der Waals surface area contributed by atoms with Crippen molar-refractivity contribution in [2.45, 2.75) is 25.5 Å². The number of hydrogen-bond donors (Lipinski definition) is 1. The topological polar surface area (TPSA) is 39.6 Å². The van der Waals surface area contributed by atoms with Gasteiger partial charge in [-0.15, -0.1) is 0 Å². The Bertz CT molecular complexity index is 367. The minimum Gasteiger partial charge on any atom is -0.392 e. The van der Waals surface area contributed by atoms with Crippen LogP contribution in [0.4, 0.5) is 5.69 Å². The van der Waals surface area contributed by atoms with Gasteiger partial charge in [-0.05, 0) is 33.0 Å². The van der Waals surface area contributed by atoms with Crippen molar-refractivity contribution in [3.05, 3.63) is 24.0 Å². The smallest absolute Gasteiger partial charge is 0.0703 e. The number of aromatic nitrogens is 1. The molecule has 0 saturated carbocycles. The zero-order valence-corrected chi connectivity index (χ0v) is 10.6. The number of anilines is 1. The molecule has 0 bridgehead atoms. The Morgan fingerprint density at radius 3 is 3.06 bits per heavy atom. The number of pyridine rings is 1. The average molecular weight is 235 g/mol. The van der Waals surface area contributed by atoms with Gasteiger partial charge in [0, 0.05) is 30.9 Å². The van der Waals surface area contributed by atoms with E-state index in [2.05, 4.69) is 28.9 Å². The maximum Gasteiger partial charge on any atom is 0.0703 e. The summed E-state index contributed by atoms with van der Waals surface area (Å²) in [5, 5.41) is 9.38. The van der Waals surface area contributed by atoms with E-state index in [0.29, 0.717) is 6.04 Å². The summed E-state index contributed by atoms with van der Waals surface area (Å²) in [4.78, 5) is 8.79. The maximum absolute atomic E-state index is 9.38. The Morgan fingerprint density at radius 1 is 1.53 bits per heavy atom. The molecule has 1 N–H and O–H groups in total. The third-order valence-electron chi connectivity index (χ3n) is 3.32. The fraction of sp³-hybridized carbons (Fsp3) is 0.615. The summed E-state index contributed by atoms with van der Waals surface area (Å²) in [6.45, 7) is 2.21. The molecule has 0 spiro atoms. The zero-order valence-electron chi connectivity index (χ0n) is 10.6. The van der Waals surface area contributed by atoms with Gasteiger partial charge in [-0.1, -0.05) is 0 Å². The van der Waals surface area contributed by atoms with Gasteiger partial charge in [-0.3, -0.25) is 4.98 Å². The number of hydrogen-bond acceptors (Lipinski definition) is 4. The lowest BCUT2D eigenvalue weighted by atomic mass is 10.1. The summed E-state index contributed by atoms with van der Waals surface area (Å²) < 4.78 is 0. The lowest BCUT2D eigenvalue weighted by molar-refractivity contribution is 0.281. The highest BCUT2D eigenvalue weighted by Gasteiger charge is 2.26. The van der Waals surface area contributed by atoms with E-state index in [1.54, 1.807) is 6.20 Å². The Hall–Kier alpha value is -1.13. The molecule has 0 aromatic carbocycles. The Kier molecular flexibility index (Phi) is 3.97. The molecule has 1 fully saturated rings. The summed E-state index contributed by atoms with van der Waals surface area (Å²) in [6, 6.07) is 2.44. The molecule has 4 heteroatoms. The first-order valence-electron chi connectivity index (χ1n) is 6.17. The molecule has 0 radical (unpaired) electrons. The second-order valence-corrected chi connectivity index (χ2v) is 4.91. The van der Waals surface area contributed by atoms with Crippen molar-refractivity contribution in [2.24, 2.45) is 0 Å². The van der Waals surface area contributed by atoms with Crippen LogP contribution in [0.1, 0.15) is 18.4 Å². The molecule has 2 rings (SSSR count). The standard InChI is InChI=1S/C13H21N3O/c1-15(2)9-12-4-3-7-16(12)13-8-14-6-5-11(13)10-17/h5-6,8,12,17H,3-4,7,9-10H2,1-2H3. The van der Waals surface area contributed by atoms with Gasteiger partial charge in [0.15, 0.2) is 0 Å². The molecular formula is C13H21N3O. The highest BCUT2D eigenvalue weighted by atomic mass is 16.3. The molecule has 1 unspecified atom stereocenters. The normalized spacial score (nSPS) is 20.2. The van der Waals surface area contributed by atoms with Gasteiger partial charge >= 0.3 is 0 Å². The monoisotopic (exact) mass is 235 g/mol. The number of nitrogens with zero attached hydrogens (tertiary/aromatic N) is 3. The number of likely N-dealkylation sites (N-methyl/N-ethyl adjacent to an activating group) is 1. The van der Waals surface area contributed by atoms with E-state index in [4.69, 9.17) is 0 Å². The molecule has 0 aliphatic carbocycles. The quantitative estimate of drug-likeness (QED) is 0.848. The van der Waals surface area contributed by atoms with Crippen LogP contribution in [-0.2, 0) is 6.61 Å². The number of rotatable bonds is 4. The SMILES string of the molecule is CN(C)CC1CCCN1c1cnccc1CO. The molecular weight excluding hydrogens is 214 g/mol. The lowest BCUT2D eigenvalue weighted by Crippen LogP contribution is -2.38. The molecule has 1 aliphatic heterocycles. The van der Waals surface area contributed by atoms with Crippen molar-refractivity contribution in [3.8, 4) is 0 Å². The zero-order chi connectivity index (χ0) is 12.3. The molecule has 1 aromatic rings. The first-order valence-corrected chi connectivity index (χ1v) is 6.17.